The highest BCUT2D eigenvalue weighted by molar-refractivity contribution is 6.30. The minimum Gasteiger partial charge on any atom is -0.457 e. The molecule has 0 spiro atoms. The summed E-state index contributed by atoms with van der Waals surface area (Å²) >= 11 is 6.18. The van der Waals surface area contributed by atoms with E-state index in [2.05, 4.69) is 52.1 Å². The lowest BCUT2D eigenvalue weighted by molar-refractivity contribution is 0.482. The summed E-state index contributed by atoms with van der Waals surface area (Å²) in [6, 6.07) is 28.7. The molecule has 0 saturated carbocycles. The number of rotatable bonds is 5. The largest absolute Gasteiger partial charge is 0.457 e. The molecule has 0 saturated heterocycles. The van der Waals surface area contributed by atoms with Gasteiger partial charge in [0, 0.05) is 41.3 Å². The van der Waals surface area contributed by atoms with Gasteiger partial charge in [-0.25, -0.2) is 0 Å². The summed E-state index contributed by atoms with van der Waals surface area (Å²) in [5, 5.41) is 0.750. The number of nitrogens with zero attached hydrogens (tertiary/aromatic N) is 2. The molecular weight excluding hydrogens is 440 g/mol. The van der Waals surface area contributed by atoms with E-state index in [-0.39, 0.29) is 0 Å². The van der Waals surface area contributed by atoms with Crippen molar-refractivity contribution in [3.05, 3.63) is 125 Å². The average molecular weight is 463 g/mol. The zero-order valence-corrected chi connectivity index (χ0v) is 19.4. The average Bonchev–Trinajstić information content (AvgIpc) is 3.24. The van der Waals surface area contributed by atoms with Gasteiger partial charge in [0.2, 0.25) is 0 Å². The number of aromatic nitrogens is 2. The Morgan fingerprint density at radius 3 is 2.47 bits per heavy atom. The van der Waals surface area contributed by atoms with Crippen LogP contribution in [0.15, 0.2) is 104 Å². The molecule has 1 aliphatic rings. The number of benzene rings is 3. The van der Waals surface area contributed by atoms with E-state index in [9.17, 15) is 0 Å². The number of aryl methyl sites for hydroxylation is 1. The van der Waals surface area contributed by atoms with Crippen molar-refractivity contribution < 1.29 is 4.74 Å². The molecule has 0 fully saturated rings. The van der Waals surface area contributed by atoms with Crippen molar-refractivity contribution >= 4 is 11.6 Å². The normalized spacial score (nSPS) is 12.1. The van der Waals surface area contributed by atoms with Crippen molar-refractivity contribution in [3.8, 4) is 33.9 Å². The van der Waals surface area contributed by atoms with Crippen LogP contribution in [0.25, 0.3) is 22.4 Å². The summed E-state index contributed by atoms with van der Waals surface area (Å²) in [5.41, 5.74) is 8.83. The van der Waals surface area contributed by atoms with Gasteiger partial charge in [-0.3, -0.25) is 4.98 Å². The van der Waals surface area contributed by atoms with Gasteiger partial charge in [0.05, 0.1) is 5.69 Å². The molecule has 4 heteroatoms. The van der Waals surface area contributed by atoms with Crippen molar-refractivity contribution in [2.75, 3.05) is 0 Å². The molecule has 2 aromatic heterocycles. The lowest BCUT2D eigenvalue weighted by Crippen LogP contribution is -2.08. The van der Waals surface area contributed by atoms with Gasteiger partial charge in [0.15, 0.2) is 0 Å². The third kappa shape index (κ3) is 4.00. The molecule has 0 radical (unpaired) electrons. The van der Waals surface area contributed by atoms with E-state index < -0.39 is 0 Å². The molecule has 1 aliphatic carbocycles. The van der Waals surface area contributed by atoms with Gasteiger partial charge in [0.25, 0.3) is 0 Å². The molecule has 0 unspecified atom stereocenters. The molecule has 5 aromatic rings. The number of fused-ring (bicyclic) bond motifs is 3. The number of halogens is 1. The fourth-order valence-electron chi connectivity index (χ4n) is 4.80. The maximum atomic E-state index is 6.19. The van der Waals surface area contributed by atoms with Crippen molar-refractivity contribution in [2.45, 2.75) is 19.4 Å². The molecule has 0 amide bonds. The monoisotopic (exact) mass is 462 g/mol. The standard InChI is InChI=1S/C30H23ClN2O/c31-24-12-8-23(9-13-24)29-20-33(19-21-5-4-16-32-18-21)30-27(29)15-11-22-10-14-26(17-28(22)30)34-25-6-2-1-3-7-25/h1-10,12-14,16-18,20H,11,15,19H2. The van der Waals surface area contributed by atoms with Gasteiger partial charge in [-0.2, -0.15) is 0 Å². The van der Waals surface area contributed by atoms with Crippen LogP contribution in [0.4, 0.5) is 0 Å². The second-order valence-electron chi connectivity index (χ2n) is 8.60. The highest BCUT2D eigenvalue weighted by Gasteiger charge is 2.25. The maximum Gasteiger partial charge on any atom is 0.128 e. The van der Waals surface area contributed by atoms with Crippen LogP contribution in [0.2, 0.25) is 5.02 Å². The van der Waals surface area contributed by atoms with E-state index in [1.165, 1.54) is 39.1 Å². The van der Waals surface area contributed by atoms with Gasteiger partial charge < -0.3 is 9.30 Å². The first-order valence-electron chi connectivity index (χ1n) is 11.5. The molecule has 3 nitrogen and oxygen atoms in total. The van der Waals surface area contributed by atoms with Crippen molar-refractivity contribution in [1.29, 1.82) is 0 Å². The highest BCUT2D eigenvalue weighted by Crippen LogP contribution is 2.42. The molecule has 0 N–H and O–H groups in total. The Labute approximate surface area is 204 Å². The Morgan fingerprint density at radius 2 is 1.68 bits per heavy atom. The minimum absolute atomic E-state index is 0.750. The van der Waals surface area contributed by atoms with Crippen molar-refractivity contribution in [1.82, 2.24) is 9.55 Å². The number of pyridine rings is 1. The Bertz CT molecular complexity index is 1440. The maximum absolute atomic E-state index is 6.19. The van der Waals surface area contributed by atoms with E-state index in [1.54, 1.807) is 0 Å². The van der Waals surface area contributed by atoms with Gasteiger partial charge in [-0.05, 0) is 77.6 Å². The Morgan fingerprint density at radius 1 is 0.824 bits per heavy atom. The summed E-state index contributed by atoms with van der Waals surface area (Å²) in [6.07, 6.45) is 8.04. The Hall–Kier alpha value is -3.82. The second kappa shape index (κ2) is 8.85. The van der Waals surface area contributed by atoms with Gasteiger partial charge in [-0.1, -0.05) is 54.1 Å². The van der Waals surface area contributed by atoms with Crippen molar-refractivity contribution in [2.24, 2.45) is 0 Å². The summed E-state index contributed by atoms with van der Waals surface area (Å²) in [5.74, 6) is 1.69. The van der Waals surface area contributed by atoms with Crippen LogP contribution in [0.1, 0.15) is 16.7 Å². The molecule has 166 valence electrons. The predicted octanol–water partition coefficient (Wildman–Crippen LogP) is 7.81. The lowest BCUT2D eigenvalue weighted by Gasteiger charge is -2.21. The van der Waals surface area contributed by atoms with Crippen molar-refractivity contribution in [3.63, 3.8) is 0 Å². The van der Waals surface area contributed by atoms with E-state index in [0.717, 1.165) is 35.9 Å². The highest BCUT2D eigenvalue weighted by atomic mass is 35.5. The first-order valence-corrected chi connectivity index (χ1v) is 11.9. The van der Waals surface area contributed by atoms with Gasteiger partial charge >= 0.3 is 0 Å². The number of para-hydroxylation sites is 1. The van der Waals surface area contributed by atoms with Gasteiger partial charge in [-0.15, -0.1) is 0 Å². The molecule has 34 heavy (non-hydrogen) atoms. The molecule has 6 rings (SSSR count). The molecule has 0 bridgehead atoms. The second-order valence-corrected chi connectivity index (χ2v) is 9.04. The van der Waals surface area contributed by atoms with E-state index in [4.69, 9.17) is 16.3 Å². The van der Waals surface area contributed by atoms with Crippen LogP contribution in [0.3, 0.4) is 0 Å². The molecule has 3 aromatic carbocycles. The van der Waals surface area contributed by atoms with Crippen LogP contribution in [0, 0.1) is 0 Å². The zero-order chi connectivity index (χ0) is 22.9. The van der Waals surface area contributed by atoms with Crippen LogP contribution in [-0.4, -0.2) is 9.55 Å². The number of hydrogen-bond donors (Lipinski definition) is 0. The van der Waals surface area contributed by atoms with Crippen LogP contribution < -0.4 is 4.74 Å². The lowest BCUT2D eigenvalue weighted by atomic mass is 9.87. The SMILES string of the molecule is Clc1ccc(-c2cn(Cc3cccnc3)c3c2CCc2ccc(Oc4ccccc4)cc2-3)cc1. The van der Waals surface area contributed by atoms with E-state index >= 15 is 0 Å². The summed E-state index contributed by atoms with van der Waals surface area (Å²) in [6.45, 7) is 0.757. The summed E-state index contributed by atoms with van der Waals surface area (Å²) in [4.78, 5) is 4.32. The van der Waals surface area contributed by atoms with E-state index in [0.29, 0.717) is 0 Å². The summed E-state index contributed by atoms with van der Waals surface area (Å²) in [7, 11) is 0. The topological polar surface area (TPSA) is 27.1 Å². The molecule has 0 aliphatic heterocycles. The van der Waals surface area contributed by atoms with Crippen LogP contribution in [-0.2, 0) is 19.4 Å². The minimum atomic E-state index is 0.750. The first-order chi connectivity index (χ1) is 16.7. The summed E-state index contributed by atoms with van der Waals surface area (Å²) < 4.78 is 8.55. The Kier molecular flexibility index (Phi) is 5.40. The smallest absolute Gasteiger partial charge is 0.128 e. The predicted molar refractivity (Wildman–Crippen MR) is 138 cm³/mol. The van der Waals surface area contributed by atoms with E-state index in [1.807, 2.05) is 60.9 Å². The first kappa shape index (κ1) is 20.8. The fraction of sp³-hybridized carbons (Fsp3) is 0.100. The zero-order valence-electron chi connectivity index (χ0n) is 18.6. The molecule has 2 heterocycles. The van der Waals surface area contributed by atoms with Crippen LogP contribution in [0.5, 0.6) is 11.5 Å². The molecular formula is C30H23ClN2O. The van der Waals surface area contributed by atoms with Gasteiger partial charge in [0.1, 0.15) is 11.5 Å². The molecule has 0 atom stereocenters. The number of hydrogen-bond acceptors (Lipinski definition) is 2. The fourth-order valence-corrected chi connectivity index (χ4v) is 4.93. The number of ether oxygens (including phenoxy) is 1. The third-order valence-corrected chi connectivity index (χ3v) is 6.63. The van der Waals surface area contributed by atoms with Crippen LogP contribution >= 0.6 is 11.6 Å². The Balaban J connectivity index is 1.48. The quantitative estimate of drug-likeness (QED) is 0.266. The third-order valence-electron chi connectivity index (χ3n) is 6.37.